The number of esters is 1. The van der Waals surface area contributed by atoms with Gasteiger partial charge in [0.05, 0.1) is 6.61 Å². The second-order valence-corrected chi connectivity index (χ2v) is 5.50. The van der Waals surface area contributed by atoms with E-state index in [1.807, 2.05) is 13.0 Å². The van der Waals surface area contributed by atoms with Gasteiger partial charge >= 0.3 is 5.97 Å². The molecule has 2 aromatic rings. The lowest BCUT2D eigenvalue weighted by atomic mass is 10.1. The third-order valence-corrected chi connectivity index (χ3v) is 3.37. The summed E-state index contributed by atoms with van der Waals surface area (Å²) in [6.07, 6.45) is 2.27. The molecule has 0 atom stereocenters. The number of hydrogen-bond donors (Lipinski definition) is 1. The van der Waals surface area contributed by atoms with Crippen LogP contribution in [-0.2, 0) is 9.53 Å². The zero-order chi connectivity index (χ0) is 17.4. The first-order valence-corrected chi connectivity index (χ1v) is 7.98. The highest BCUT2D eigenvalue weighted by Crippen LogP contribution is 2.13. The fourth-order valence-corrected chi connectivity index (χ4v) is 2.05. The van der Waals surface area contributed by atoms with Crippen molar-refractivity contribution < 1.29 is 14.3 Å². The number of carbonyl (C=O) groups is 2. The summed E-state index contributed by atoms with van der Waals surface area (Å²) in [6, 6.07) is 15.6. The van der Waals surface area contributed by atoms with Crippen molar-refractivity contribution in [2.24, 2.45) is 0 Å². The monoisotopic (exact) mass is 343 g/mol. The first-order valence-electron chi connectivity index (χ1n) is 7.61. The standard InChI is InChI=1S/C19H18ClNO3/c1-2-12-24-19(23)17(13-14-8-10-16(20)11-9-14)21-18(22)15-6-4-3-5-7-15/h3-11,13H,2,12H2,1H3,(H,21,22)/b17-13-. The summed E-state index contributed by atoms with van der Waals surface area (Å²) < 4.78 is 5.14. The van der Waals surface area contributed by atoms with Crippen molar-refractivity contribution in [1.82, 2.24) is 5.32 Å². The molecule has 2 aromatic carbocycles. The number of carbonyl (C=O) groups excluding carboxylic acids is 2. The Labute approximate surface area is 146 Å². The summed E-state index contributed by atoms with van der Waals surface area (Å²) in [5, 5.41) is 3.21. The number of rotatable bonds is 6. The van der Waals surface area contributed by atoms with E-state index in [1.165, 1.54) is 0 Å². The molecule has 0 heterocycles. The second kappa shape index (κ2) is 8.89. The van der Waals surface area contributed by atoms with Crippen molar-refractivity contribution in [2.45, 2.75) is 13.3 Å². The Hall–Kier alpha value is -2.59. The van der Waals surface area contributed by atoms with Crippen LogP contribution >= 0.6 is 11.6 Å². The van der Waals surface area contributed by atoms with Gasteiger partial charge in [0.1, 0.15) is 5.70 Å². The second-order valence-electron chi connectivity index (χ2n) is 5.07. The van der Waals surface area contributed by atoms with Crippen LogP contribution < -0.4 is 5.32 Å². The Balaban J connectivity index is 2.23. The van der Waals surface area contributed by atoms with E-state index in [2.05, 4.69) is 5.32 Å². The fraction of sp³-hybridized carbons (Fsp3) is 0.158. The molecule has 0 unspecified atom stereocenters. The zero-order valence-electron chi connectivity index (χ0n) is 13.3. The maximum atomic E-state index is 12.3. The molecule has 0 aliphatic rings. The first kappa shape index (κ1) is 17.8. The van der Waals surface area contributed by atoms with Crippen molar-refractivity contribution in [3.8, 4) is 0 Å². The number of ether oxygens (including phenoxy) is 1. The van der Waals surface area contributed by atoms with E-state index >= 15 is 0 Å². The molecule has 0 spiro atoms. The molecule has 124 valence electrons. The molecule has 24 heavy (non-hydrogen) atoms. The van der Waals surface area contributed by atoms with Crippen LogP contribution in [0.25, 0.3) is 6.08 Å². The van der Waals surface area contributed by atoms with Crippen LogP contribution in [0.4, 0.5) is 0 Å². The summed E-state index contributed by atoms with van der Waals surface area (Å²) in [7, 11) is 0. The Morgan fingerprint density at radius 1 is 1.08 bits per heavy atom. The van der Waals surface area contributed by atoms with Crippen LogP contribution in [0, 0.1) is 0 Å². The van der Waals surface area contributed by atoms with Crippen molar-refractivity contribution in [3.05, 3.63) is 76.4 Å². The molecule has 0 aromatic heterocycles. The number of nitrogens with one attached hydrogen (secondary N) is 1. The number of halogens is 1. The highest BCUT2D eigenvalue weighted by atomic mass is 35.5. The molecular weight excluding hydrogens is 326 g/mol. The molecule has 4 nitrogen and oxygen atoms in total. The molecule has 2 rings (SSSR count). The maximum absolute atomic E-state index is 12.3. The molecule has 0 aliphatic heterocycles. The van der Waals surface area contributed by atoms with E-state index < -0.39 is 5.97 Å². The number of amides is 1. The zero-order valence-corrected chi connectivity index (χ0v) is 14.0. The van der Waals surface area contributed by atoms with Gasteiger partial charge < -0.3 is 10.1 Å². The average molecular weight is 344 g/mol. The minimum absolute atomic E-state index is 0.0830. The molecule has 0 radical (unpaired) electrons. The molecule has 0 bridgehead atoms. The fourth-order valence-electron chi connectivity index (χ4n) is 1.93. The Kier molecular flexibility index (Phi) is 6.58. The highest BCUT2D eigenvalue weighted by molar-refractivity contribution is 6.30. The first-order chi connectivity index (χ1) is 11.6. The third-order valence-electron chi connectivity index (χ3n) is 3.12. The van der Waals surface area contributed by atoms with Crippen molar-refractivity contribution in [2.75, 3.05) is 6.61 Å². The van der Waals surface area contributed by atoms with Gasteiger partial charge in [-0.25, -0.2) is 4.79 Å². The van der Waals surface area contributed by atoms with Crippen molar-refractivity contribution >= 4 is 29.6 Å². The normalized spacial score (nSPS) is 11.0. The van der Waals surface area contributed by atoms with E-state index in [1.54, 1.807) is 54.6 Å². The van der Waals surface area contributed by atoms with E-state index in [0.29, 0.717) is 17.0 Å². The SMILES string of the molecule is CCCOC(=O)/C(=C/c1ccc(Cl)cc1)NC(=O)c1ccccc1. The van der Waals surface area contributed by atoms with Gasteiger partial charge in [-0.05, 0) is 42.3 Å². The van der Waals surface area contributed by atoms with Crippen LogP contribution in [0.1, 0.15) is 29.3 Å². The van der Waals surface area contributed by atoms with Gasteiger partial charge in [0, 0.05) is 10.6 Å². The van der Waals surface area contributed by atoms with Gasteiger partial charge in [0.2, 0.25) is 0 Å². The maximum Gasteiger partial charge on any atom is 0.354 e. The average Bonchev–Trinajstić information content (AvgIpc) is 2.61. The Morgan fingerprint density at radius 3 is 2.38 bits per heavy atom. The van der Waals surface area contributed by atoms with Crippen LogP contribution in [0.2, 0.25) is 5.02 Å². The molecule has 0 fully saturated rings. The number of benzene rings is 2. The van der Waals surface area contributed by atoms with E-state index in [4.69, 9.17) is 16.3 Å². The van der Waals surface area contributed by atoms with Gasteiger partial charge in [-0.15, -0.1) is 0 Å². The molecule has 0 saturated carbocycles. The summed E-state index contributed by atoms with van der Waals surface area (Å²) >= 11 is 5.86. The number of hydrogen-bond acceptors (Lipinski definition) is 3. The quantitative estimate of drug-likeness (QED) is 0.635. The Bertz CT molecular complexity index is 724. The molecule has 0 saturated heterocycles. The summed E-state index contributed by atoms with van der Waals surface area (Å²) in [5.74, 6) is -0.944. The third kappa shape index (κ3) is 5.25. The lowest BCUT2D eigenvalue weighted by Gasteiger charge is -2.10. The van der Waals surface area contributed by atoms with Crippen molar-refractivity contribution in [3.63, 3.8) is 0 Å². The lowest BCUT2D eigenvalue weighted by molar-refractivity contribution is -0.139. The highest BCUT2D eigenvalue weighted by Gasteiger charge is 2.15. The predicted molar refractivity (Wildman–Crippen MR) is 94.6 cm³/mol. The molecule has 1 N–H and O–H groups in total. The van der Waals surface area contributed by atoms with Crippen LogP contribution in [-0.4, -0.2) is 18.5 Å². The van der Waals surface area contributed by atoms with Crippen LogP contribution in [0.15, 0.2) is 60.3 Å². The van der Waals surface area contributed by atoms with Gasteiger partial charge in [0.25, 0.3) is 5.91 Å². The van der Waals surface area contributed by atoms with Crippen LogP contribution in [0.5, 0.6) is 0 Å². The lowest BCUT2D eigenvalue weighted by Crippen LogP contribution is -2.28. The van der Waals surface area contributed by atoms with E-state index in [9.17, 15) is 9.59 Å². The van der Waals surface area contributed by atoms with Gasteiger partial charge in [-0.1, -0.05) is 48.9 Å². The predicted octanol–water partition coefficient (Wildman–Crippen LogP) is 4.06. The summed E-state index contributed by atoms with van der Waals surface area (Å²) in [4.78, 5) is 24.5. The van der Waals surface area contributed by atoms with Crippen molar-refractivity contribution in [1.29, 1.82) is 0 Å². The molecular formula is C19H18ClNO3. The van der Waals surface area contributed by atoms with E-state index in [-0.39, 0.29) is 18.2 Å². The van der Waals surface area contributed by atoms with Gasteiger partial charge in [-0.2, -0.15) is 0 Å². The van der Waals surface area contributed by atoms with Gasteiger partial charge in [0.15, 0.2) is 0 Å². The summed E-state index contributed by atoms with van der Waals surface area (Å²) in [5.41, 5.74) is 1.28. The largest absolute Gasteiger partial charge is 0.461 e. The molecule has 0 aliphatic carbocycles. The molecule has 1 amide bonds. The topological polar surface area (TPSA) is 55.4 Å². The Morgan fingerprint density at radius 2 is 1.75 bits per heavy atom. The molecule has 5 heteroatoms. The van der Waals surface area contributed by atoms with Crippen LogP contribution in [0.3, 0.4) is 0 Å². The summed E-state index contributed by atoms with van der Waals surface area (Å²) in [6.45, 7) is 2.19. The van der Waals surface area contributed by atoms with Gasteiger partial charge in [-0.3, -0.25) is 4.79 Å². The smallest absolute Gasteiger partial charge is 0.354 e. The minimum atomic E-state index is -0.573. The minimum Gasteiger partial charge on any atom is -0.461 e. The van der Waals surface area contributed by atoms with E-state index in [0.717, 1.165) is 5.56 Å².